The van der Waals surface area contributed by atoms with Crippen molar-refractivity contribution in [1.29, 1.82) is 0 Å². The molecule has 0 spiro atoms. The van der Waals surface area contributed by atoms with Crippen LogP contribution in [-0.4, -0.2) is 8.42 Å². The Hall–Kier alpha value is -0.800. The van der Waals surface area contributed by atoms with Gasteiger partial charge in [0.05, 0.1) is 4.34 Å². The summed E-state index contributed by atoms with van der Waals surface area (Å²) in [6.45, 7) is -0.560. The number of hydrogen-bond acceptors (Lipinski definition) is 3. The van der Waals surface area contributed by atoms with Gasteiger partial charge in [-0.1, -0.05) is 29.3 Å². The average Bonchev–Trinajstić information content (AvgIpc) is 2.75. The summed E-state index contributed by atoms with van der Waals surface area (Å²) in [5, 5.41) is 0. The first-order valence-corrected chi connectivity index (χ1v) is 8.35. The lowest BCUT2D eigenvalue weighted by Crippen LogP contribution is -2.23. The third-order valence-corrected chi connectivity index (χ3v) is 5.64. The number of halogens is 5. The average molecular weight is 376 g/mol. The number of hydrogen-bond donors (Lipinski definition) is 1. The highest BCUT2D eigenvalue weighted by Gasteiger charge is 2.22. The fraction of sp³-hybridized carbons (Fsp3) is 0.0909. The second-order valence-corrected chi connectivity index (χ2v) is 7.87. The smallest absolute Gasteiger partial charge is 0.207 e. The second kappa shape index (κ2) is 6.13. The van der Waals surface area contributed by atoms with Gasteiger partial charge in [-0.15, -0.1) is 11.3 Å². The zero-order valence-corrected chi connectivity index (χ0v) is 13.1. The molecule has 10 heteroatoms. The summed E-state index contributed by atoms with van der Waals surface area (Å²) in [5.41, 5.74) is -0.338. The summed E-state index contributed by atoms with van der Waals surface area (Å²) >= 11 is 12.2. The predicted octanol–water partition coefficient (Wildman–Crippen LogP) is 3.95. The maximum absolute atomic E-state index is 13.4. The zero-order chi connectivity index (χ0) is 15.8. The van der Waals surface area contributed by atoms with Gasteiger partial charge >= 0.3 is 0 Å². The minimum Gasteiger partial charge on any atom is -0.207 e. The Morgan fingerprint density at radius 3 is 2.38 bits per heavy atom. The molecule has 1 N–H and O–H groups in total. The van der Waals surface area contributed by atoms with Crippen molar-refractivity contribution < 1.29 is 21.6 Å². The van der Waals surface area contributed by atoms with Crippen LogP contribution in [0, 0.1) is 17.5 Å². The molecule has 114 valence electrons. The summed E-state index contributed by atoms with van der Waals surface area (Å²) in [6.07, 6.45) is 0. The molecule has 1 aromatic carbocycles. The van der Waals surface area contributed by atoms with Crippen LogP contribution in [0.1, 0.15) is 5.56 Å². The molecule has 2 rings (SSSR count). The molecule has 0 saturated carbocycles. The van der Waals surface area contributed by atoms with Crippen molar-refractivity contribution in [3.05, 3.63) is 49.9 Å². The normalized spacial score (nSPS) is 11.9. The third kappa shape index (κ3) is 3.51. The van der Waals surface area contributed by atoms with E-state index in [2.05, 4.69) is 0 Å². The lowest BCUT2D eigenvalue weighted by atomic mass is 10.2. The van der Waals surface area contributed by atoms with Crippen molar-refractivity contribution in [2.24, 2.45) is 0 Å². The van der Waals surface area contributed by atoms with Gasteiger partial charge < -0.3 is 0 Å². The van der Waals surface area contributed by atoms with Crippen LogP contribution in [0.4, 0.5) is 13.2 Å². The van der Waals surface area contributed by atoms with Gasteiger partial charge in [0, 0.05) is 12.1 Å². The quantitative estimate of drug-likeness (QED) is 0.822. The van der Waals surface area contributed by atoms with Crippen molar-refractivity contribution >= 4 is 44.6 Å². The SMILES string of the molecule is O=S(=O)(NCc1ccc(F)c(F)c1F)c1cc(Cl)sc1Cl. The highest BCUT2D eigenvalue weighted by Crippen LogP contribution is 2.34. The molecule has 0 amide bonds. The van der Waals surface area contributed by atoms with E-state index in [1.165, 1.54) is 0 Å². The van der Waals surface area contributed by atoms with E-state index in [0.29, 0.717) is 6.07 Å². The molecule has 0 atom stereocenters. The Labute approximate surface area is 132 Å². The standard InChI is InChI=1S/C11H6Cl2F3NO2S2/c12-8-3-7(11(13)20-8)21(18,19)17-4-5-1-2-6(14)10(16)9(5)15/h1-3,17H,4H2. The topological polar surface area (TPSA) is 46.2 Å². The first-order chi connectivity index (χ1) is 9.72. The van der Waals surface area contributed by atoms with Gasteiger partial charge in [-0.05, 0) is 12.1 Å². The predicted molar refractivity (Wildman–Crippen MR) is 74.7 cm³/mol. The Balaban J connectivity index is 2.24. The van der Waals surface area contributed by atoms with Gasteiger partial charge in [-0.25, -0.2) is 26.3 Å². The monoisotopic (exact) mass is 375 g/mol. The summed E-state index contributed by atoms with van der Waals surface area (Å²) in [7, 11) is -4.05. The van der Waals surface area contributed by atoms with Crippen molar-refractivity contribution in [3.63, 3.8) is 0 Å². The van der Waals surface area contributed by atoms with E-state index in [-0.39, 0.29) is 19.1 Å². The van der Waals surface area contributed by atoms with Crippen molar-refractivity contribution in [1.82, 2.24) is 4.72 Å². The van der Waals surface area contributed by atoms with E-state index >= 15 is 0 Å². The highest BCUT2D eigenvalue weighted by atomic mass is 35.5. The molecule has 0 saturated heterocycles. The molecule has 21 heavy (non-hydrogen) atoms. The Morgan fingerprint density at radius 1 is 1.14 bits per heavy atom. The first-order valence-electron chi connectivity index (χ1n) is 5.29. The maximum Gasteiger partial charge on any atom is 0.243 e. The van der Waals surface area contributed by atoms with Crippen LogP contribution >= 0.6 is 34.5 Å². The van der Waals surface area contributed by atoms with E-state index in [4.69, 9.17) is 23.2 Å². The molecular weight excluding hydrogens is 370 g/mol. The molecule has 0 aliphatic heterocycles. The molecule has 0 unspecified atom stereocenters. The van der Waals surface area contributed by atoms with Crippen LogP contribution in [0.25, 0.3) is 0 Å². The number of sulfonamides is 1. The van der Waals surface area contributed by atoms with Crippen molar-refractivity contribution in [2.75, 3.05) is 0 Å². The van der Waals surface area contributed by atoms with Crippen molar-refractivity contribution in [2.45, 2.75) is 11.4 Å². The zero-order valence-electron chi connectivity index (χ0n) is 9.96. The lowest BCUT2D eigenvalue weighted by molar-refractivity contribution is 0.440. The maximum atomic E-state index is 13.4. The highest BCUT2D eigenvalue weighted by molar-refractivity contribution is 7.89. The van der Waals surface area contributed by atoms with E-state index in [9.17, 15) is 21.6 Å². The third-order valence-electron chi connectivity index (χ3n) is 2.48. The van der Waals surface area contributed by atoms with Gasteiger partial charge in [-0.2, -0.15) is 0 Å². The van der Waals surface area contributed by atoms with Crippen LogP contribution in [0.5, 0.6) is 0 Å². The first kappa shape index (κ1) is 16.6. The molecule has 2 aromatic rings. The fourth-order valence-corrected chi connectivity index (χ4v) is 4.62. The second-order valence-electron chi connectivity index (χ2n) is 3.85. The van der Waals surface area contributed by atoms with Crippen molar-refractivity contribution in [3.8, 4) is 0 Å². The number of benzene rings is 1. The Morgan fingerprint density at radius 2 is 1.81 bits per heavy atom. The van der Waals surface area contributed by atoms with Gasteiger partial charge in [0.1, 0.15) is 9.23 Å². The van der Waals surface area contributed by atoms with E-state index in [1.807, 2.05) is 4.72 Å². The van der Waals surface area contributed by atoms with Gasteiger partial charge in [0.25, 0.3) is 0 Å². The molecule has 0 aliphatic rings. The molecule has 0 bridgehead atoms. The summed E-state index contributed by atoms with van der Waals surface area (Å²) in [5.74, 6) is -4.47. The van der Waals surface area contributed by atoms with Crippen LogP contribution < -0.4 is 4.72 Å². The summed E-state index contributed by atoms with van der Waals surface area (Å²) in [4.78, 5) is -0.262. The lowest BCUT2D eigenvalue weighted by Gasteiger charge is -2.07. The molecule has 0 fully saturated rings. The van der Waals surface area contributed by atoms with E-state index in [0.717, 1.165) is 23.5 Å². The van der Waals surface area contributed by atoms with Gasteiger partial charge in [0.2, 0.25) is 10.0 Å². The van der Waals surface area contributed by atoms with E-state index in [1.54, 1.807) is 0 Å². The number of nitrogens with one attached hydrogen (secondary N) is 1. The Kier molecular flexibility index (Phi) is 4.84. The van der Waals surface area contributed by atoms with Crippen LogP contribution in [0.15, 0.2) is 23.1 Å². The minimum atomic E-state index is -4.05. The molecule has 1 aromatic heterocycles. The molecule has 0 aliphatic carbocycles. The molecule has 1 heterocycles. The van der Waals surface area contributed by atoms with Crippen LogP contribution in [0.3, 0.4) is 0 Å². The van der Waals surface area contributed by atoms with E-state index < -0.39 is 34.0 Å². The summed E-state index contributed by atoms with van der Waals surface area (Å²) in [6, 6.07) is 2.79. The Bertz CT molecular complexity index is 793. The molecular formula is C11H6Cl2F3NO2S2. The van der Waals surface area contributed by atoms with Gasteiger partial charge in [-0.3, -0.25) is 0 Å². The van der Waals surface area contributed by atoms with Crippen LogP contribution in [-0.2, 0) is 16.6 Å². The fourth-order valence-electron chi connectivity index (χ4n) is 1.46. The van der Waals surface area contributed by atoms with Gasteiger partial charge in [0.15, 0.2) is 17.5 Å². The molecule has 0 radical (unpaired) electrons. The summed E-state index contributed by atoms with van der Waals surface area (Å²) < 4.78 is 65.3. The van der Waals surface area contributed by atoms with Crippen LogP contribution in [0.2, 0.25) is 8.67 Å². The molecule has 3 nitrogen and oxygen atoms in total. The number of thiophene rings is 1. The number of rotatable bonds is 4. The minimum absolute atomic E-state index is 0.0572. The largest absolute Gasteiger partial charge is 0.243 e.